The maximum Gasteiger partial charge on any atom is 0.287 e. The Balaban J connectivity index is 1.48. The van der Waals surface area contributed by atoms with E-state index in [9.17, 15) is 4.79 Å². The van der Waals surface area contributed by atoms with Crippen molar-refractivity contribution in [2.75, 3.05) is 13.2 Å². The average Bonchev–Trinajstić information content (AvgIpc) is 3.31. The summed E-state index contributed by atoms with van der Waals surface area (Å²) in [4.78, 5) is 16.7. The molecule has 0 unspecified atom stereocenters. The van der Waals surface area contributed by atoms with Gasteiger partial charge >= 0.3 is 0 Å². The quantitative estimate of drug-likeness (QED) is 0.796. The van der Waals surface area contributed by atoms with Crippen LogP contribution in [0.15, 0.2) is 40.8 Å². The van der Waals surface area contributed by atoms with Gasteiger partial charge in [-0.05, 0) is 37.1 Å². The molecule has 1 atom stereocenters. The number of furan rings is 1. The van der Waals surface area contributed by atoms with Crippen LogP contribution >= 0.6 is 11.3 Å². The second-order valence-electron chi connectivity index (χ2n) is 5.50. The Hall–Kier alpha value is -2.18. The number of aromatic nitrogens is 1. The number of thiazole rings is 1. The maximum atomic E-state index is 12.1. The molecule has 1 saturated heterocycles. The van der Waals surface area contributed by atoms with E-state index in [-0.39, 0.29) is 12.0 Å². The molecule has 4 rings (SSSR count). The number of nitrogens with one attached hydrogen (secondary N) is 1. The number of fused-ring (bicyclic) bond motifs is 1. The lowest BCUT2D eigenvalue weighted by molar-refractivity contribution is 0.0836. The molecule has 3 aromatic rings. The second-order valence-corrected chi connectivity index (χ2v) is 6.53. The van der Waals surface area contributed by atoms with E-state index in [1.54, 1.807) is 23.5 Å². The van der Waals surface area contributed by atoms with Gasteiger partial charge in [0.15, 0.2) is 16.5 Å². The standard InChI is InChI=1S/C17H16N2O3S/c20-16(18-10-11-4-3-9-21-11)13-7-8-14(22-13)17-19-12-5-1-2-6-15(12)23-17/h1-2,5-8,11H,3-4,9-10H2,(H,18,20)/t11-/m0/s1. The van der Waals surface area contributed by atoms with E-state index in [2.05, 4.69) is 10.3 Å². The zero-order valence-electron chi connectivity index (χ0n) is 12.5. The highest BCUT2D eigenvalue weighted by Gasteiger charge is 2.19. The lowest BCUT2D eigenvalue weighted by Gasteiger charge is -2.09. The largest absolute Gasteiger partial charge is 0.448 e. The van der Waals surface area contributed by atoms with Crippen LogP contribution in [0.4, 0.5) is 0 Å². The number of ether oxygens (including phenoxy) is 1. The Morgan fingerprint density at radius 3 is 3.04 bits per heavy atom. The van der Waals surface area contributed by atoms with E-state index in [4.69, 9.17) is 9.15 Å². The van der Waals surface area contributed by atoms with Gasteiger partial charge in [-0.25, -0.2) is 4.98 Å². The molecule has 0 bridgehead atoms. The number of hydrogen-bond acceptors (Lipinski definition) is 5. The Morgan fingerprint density at radius 1 is 1.30 bits per heavy atom. The summed E-state index contributed by atoms with van der Waals surface area (Å²) in [5, 5.41) is 3.64. The predicted octanol–water partition coefficient (Wildman–Crippen LogP) is 3.47. The normalized spacial score (nSPS) is 17.7. The first-order chi connectivity index (χ1) is 11.3. The van der Waals surface area contributed by atoms with Gasteiger partial charge in [-0.1, -0.05) is 12.1 Å². The topological polar surface area (TPSA) is 64.4 Å². The molecule has 1 N–H and O–H groups in total. The zero-order valence-corrected chi connectivity index (χ0v) is 13.3. The number of benzene rings is 1. The molecule has 0 aliphatic carbocycles. The van der Waals surface area contributed by atoms with Crippen LogP contribution in [0.5, 0.6) is 0 Å². The Labute approximate surface area is 137 Å². The third kappa shape index (κ3) is 3.00. The van der Waals surface area contributed by atoms with Crippen molar-refractivity contribution in [3.8, 4) is 10.8 Å². The fraction of sp³-hybridized carbons (Fsp3) is 0.294. The Bertz CT molecular complexity index is 800. The molecule has 1 fully saturated rings. The van der Waals surface area contributed by atoms with E-state index in [0.29, 0.717) is 18.1 Å². The molecule has 0 saturated carbocycles. The lowest BCUT2D eigenvalue weighted by atomic mass is 10.2. The summed E-state index contributed by atoms with van der Waals surface area (Å²) >= 11 is 1.55. The lowest BCUT2D eigenvalue weighted by Crippen LogP contribution is -2.31. The van der Waals surface area contributed by atoms with Gasteiger partial charge in [-0.2, -0.15) is 0 Å². The summed E-state index contributed by atoms with van der Waals surface area (Å²) in [7, 11) is 0. The molecule has 0 radical (unpaired) electrons. The van der Waals surface area contributed by atoms with Gasteiger partial charge in [0.2, 0.25) is 0 Å². The highest BCUT2D eigenvalue weighted by Crippen LogP contribution is 2.31. The minimum atomic E-state index is -0.215. The molecule has 1 amide bonds. The molecule has 5 nitrogen and oxygen atoms in total. The van der Waals surface area contributed by atoms with Crippen LogP contribution < -0.4 is 5.32 Å². The summed E-state index contributed by atoms with van der Waals surface area (Å²) in [6.07, 6.45) is 2.18. The molecule has 1 aromatic carbocycles. The van der Waals surface area contributed by atoms with Crippen molar-refractivity contribution in [1.29, 1.82) is 0 Å². The SMILES string of the molecule is O=C(NC[C@@H]1CCCO1)c1ccc(-c2nc3ccccc3s2)o1. The van der Waals surface area contributed by atoms with Crippen molar-refractivity contribution >= 4 is 27.5 Å². The number of rotatable bonds is 4. The number of carbonyl (C=O) groups excluding carboxylic acids is 1. The van der Waals surface area contributed by atoms with Crippen molar-refractivity contribution in [2.45, 2.75) is 18.9 Å². The Morgan fingerprint density at radius 2 is 2.22 bits per heavy atom. The molecule has 3 heterocycles. The van der Waals surface area contributed by atoms with E-state index < -0.39 is 0 Å². The van der Waals surface area contributed by atoms with Crippen molar-refractivity contribution in [2.24, 2.45) is 0 Å². The number of para-hydroxylation sites is 1. The van der Waals surface area contributed by atoms with E-state index >= 15 is 0 Å². The van der Waals surface area contributed by atoms with Crippen molar-refractivity contribution < 1.29 is 13.9 Å². The van der Waals surface area contributed by atoms with E-state index in [1.807, 2.05) is 24.3 Å². The van der Waals surface area contributed by atoms with E-state index in [1.165, 1.54) is 0 Å². The van der Waals surface area contributed by atoms with Gasteiger partial charge in [-0.3, -0.25) is 4.79 Å². The number of nitrogens with zero attached hydrogens (tertiary/aromatic N) is 1. The molecule has 6 heteroatoms. The van der Waals surface area contributed by atoms with Crippen molar-refractivity contribution in [3.63, 3.8) is 0 Å². The molecule has 2 aromatic heterocycles. The molecular weight excluding hydrogens is 312 g/mol. The average molecular weight is 328 g/mol. The van der Waals surface area contributed by atoms with Crippen LogP contribution in [0, 0.1) is 0 Å². The molecule has 118 valence electrons. The first-order valence-electron chi connectivity index (χ1n) is 7.65. The zero-order chi connectivity index (χ0) is 15.6. The van der Waals surface area contributed by atoms with Gasteiger partial charge in [0, 0.05) is 13.2 Å². The summed E-state index contributed by atoms with van der Waals surface area (Å²) in [5.41, 5.74) is 0.938. The van der Waals surface area contributed by atoms with Crippen LogP contribution in [-0.4, -0.2) is 30.1 Å². The first kappa shape index (κ1) is 14.4. The summed E-state index contributed by atoms with van der Waals surface area (Å²) < 4.78 is 12.3. The Kier molecular flexibility index (Phi) is 3.85. The fourth-order valence-electron chi connectivity index (χ4n) is 2.65. The predicted molar refractivity (Wildman–Crippen MR) is 88.6 cm³/mol. The highest BCUT2D eigenvalue weighted by molar-refractivity contribution is 7.21. The monoisotopic (exact) mass is 328 g/mol. The minimum Gasteiger partial charge on any atom is -0.448 e. The van der Waals surface area contributed by atoms with Crippen LogP contribution in [0.1, 0.15) is 23.4 Å². The second kappa shape index (κ2) is 6.14. The number of carbonyl (C=O) groups is 1. The van der Waals surface area contributed by atoms with Crippen LogP contribution in [0.3, 0.4) is 0 Å². The molecule has 1 aliphatic rings. The summed E-state index contributed by atoms with van der Waals surface area (Å²) in [5.74, 6) is 0.707. The van der Waals surface area contributed by atoms with Crippen molar-refractivity contribution in [1.82, 2.24) is 10.3 Å². The molecular formula is C17H16N2O3S. The van der Waals surface area contributed by atoms with Gasteiger partial charge in [0.05, 0.1) is 16.3 Å². The van der Waals surface area contributed by atoms with Crippen molar-refractivity contribution in [3.05, 3.63) is 42.2 Å². The number of hydrogen-bond donors (Lipinski definition) is 1. The summed E-state index contributed by atoms with van der Waals surface area (Å²) in [6, 6.07) is 11.4. The third-order valence-corrected chi connectivity index (χ3v) is 4.90. The van der Waals surface area contributed by atoms with Crippen LogP contribution in [0.2, 0.25) is 0 Å². The number of amides is 1. The minimum absolute atomic E-state index is 0.123. The van der Waals surface area contributed by atoms with Gasteiger partial charge < -0.3 is 14.5 Å². The van der Waals surface area contributed by atoms with Crippen LogP contribution in [0.25, 0.3) is 21.0 Å². The maximum absolute atomic E-state index is 12.1. The summed E-state index contributed by atoms with van der Waals surface area (Å²) in [6.45, 7) is 1.30. The van der Waals surface area contributed by atoms with Gasteiger partial charge in [0.1, 0.15) is 0 Å². The molecule has 0 spiro atoms. The molecule has 1 aliphatic heterocycles. The first-order valence-corrected chi connectivity index (χ1v) is 8.47. The third-order valence-electron chi connectivity index (χ3n) is 3.85. The fourth-order valence-corrected chi connectivity index (χ4v) is 3.58. The van der Waals surface area contributed by atoms with Crippen LogP contribution in [-0.2, 0) is 4.74 Å². The smallest absolute Gasteiger partial charge is 0.287 e. The van der Waals surface area contributed by atoms with Gasteiger partial charge in [0.25, 0.3) is 5.91 Å². The highest BCUT2D eigenvalue weighted by atomic mass is 32.1. The van der Waals surface area contributed by atoms with E-state index in [0.717, 1.165) is 34.7 Å². The van der Waals surface area contributed by atoms with Gasteiger partial charge in [-0.15, -0.1) is 11.3 Å². The molecule has 23 heavy (non-hydrogen) atoms.